The van der Waals surface area contributed by atoms with Crippen molar-refractivity contribution in [3.8, 4) is 6.07 Å². The molecule has 2 aromatic rings. The van der Waals surface area contributed by atoms with Gasteiger partial charge in [0.1, 0.15) is 22.6 Å². The third kappa shape index (κ3) is 3.77. The molecule has 0 amide bonds. The first-order valence-corrected chi connectivity index (χ1v) is 7.91. The zero-order valence-electron chi connectivity index (χ0n) is 11.3. The Bertz CT molecular complexity index is 853. The molecule has 0 saturated carbocycles. The summed E-state index contributed by atoms with van der Waals surface area (Å²) < 4.78 is 50.9. The van der Waals surface area contributed by atoms with E-state index < -0.39 is 26.4 Å². The summed E-state index contributed by atoms with van der Waals surface area (Å²) in [6, 6.07) is 12.6. The lowest BCUT2D eigenvalue weighted by Gasteiger charge is -2.04. The van der Waals surface area contributed by atoms with E-state index in [2.05, 4.69) is 0 Å². The van der Waals surface area contributed by atoms with Crippen molar-refractivity contribution in [2.45, 2.75) is 5.75 Å². The number of sulfone groups is 1. The van der Waals surface area contributed by atoms with Crippen molar-refractivity contribution >= 4 is 15.9 Å². The van der Waals surface area contributed by atoms with Crippen LogP contribution in [0.3, 0.4) is 0 Å². The van der Waals surface area contributed by atoms with Gasteiger partial charge in [-0.15, -0.1) is 0 Å². The zero-order chi connectivity index (χ0) is 16.2. The first kappa shape index (κ1) is 15.9. The van der Waals surface area contributed by atoms with Gasteiger partial charge in [0.05, 0.1) is 5.75 Å². The summed E-state index contributed by atoms with van der Waals surface area (Å²) in [6.07, 6.45) is 0.910. The van der Waals surface area contributed by atoms with Crippen molar-refractivity contribution in [3.63, 3.8) is 0 Å². The van der Waals surface area contributed by atoms with Crippen LogP contribution in [0.25, 0.3) is 6.08 Å². The van der Waals surface area contributed by atoms with Crippen LogP contribution in [0.15, 0.2) is 53.4 Å². The SMILES string of the molecule is N#CC(=Cc1ccc(F)cc1F)S(=O)(=O)Cc1ccccc1. The van der Waals surface area contributed by atoms with Crippen LogP contribution in [-0.2, 0) is 15.6 Å². The topological polar surface area (TPSA) is 57.9 Å². The predicted octanol–water partition coefficient (Wildman–Crippen LogP) is 3.44. The third-order valence-corrected chi connectivity index (χ3v) is 4.49. The number of hydrogen-bond acceptors (Lipinski definition) is 3. The molecule has 0 heterocycles. The zero-order valence-corrected chi connectivity index (χ0v) is 12.1. The molecule has 0 fully saturated rings. The Balaban J connectivity index is 2.38. The smallest absolute Gasteiger partial charge is 0.192 e. The number of hydrogen-bond donors (Lipinski definition) is 0. The number of halogens is 2. The van der Waals surface area contributed by atoms with E-state index in [1.165, 1.54) is 0 Å². The predicted molar refractivity (Wildman–Crippen MR) is 79.0 cm³/mol. The summed E-state index contributed by atoms with van der Waals surface area (Å²) in [7, 11) is -3.91. The summed E-state index contributed by atoms with van der Waals surface area (Å²) in [5, 5.41) is 9.05. The van der Waals surface area contributed by atoms with Gasteiger partial charge in [-0.2, -0.15) is 5.26 Å². The van der Waals surface area contributed by atoms with Crippen molar-refractivity contribution in [1.29, 1.82) is 5.26 Å². The minimum absolute atomic E-state index is 0.158. The average molecular weight is 319 g/mol. The van der Waals surface area contributed by atoms with Crippen LogP contribution >= 0.6 is 0 Å². The molecule has 2 rings (SSSR count). The summed E-state index contributed by atoms with van der Waals surface area (Å²) in [6.45, 7) is 0. The van der Waals surface area contributed by atoms with Gasteiger partial charge in [-0.1, -0.05) is 30.3 Å². The van der Waals surface area contributed by atoms with E-state index in [-0.39, 0.29) is 11.3 Å². The highest BCUT2D eigenvalue weighted by molar-refractivity contribution is 7.95. The summed E-state index contributed by atoms with van der Waals surface area (Å²) in [5.41, 5.74) is 0.359. The van der Waals surface area contributed by atoms with Gasteiger partial charge in [-0.05, 0) is 23.8 Å². The maximum atomic E-state index is 13.6. The largest absolute Gasteiger partial charge is 0.223 e. The molecule has 0 aliphatic carbocycles. The van der Waals surface area contributed by atoms with E-state index in [4.69, 9.17) is 5.26 Å². The fourth-order valence-electron chi connectivity index (χ4n) is 1.82. The monoisotopic (exact) mass is 319 g/mol. The molecule has 0 N–H and O–H groups in total. The lowest BCUT2D eigenvalue weighted by molar-refractivity contribution is 0.581. The molecule has 0 aliphatic rings. The summed E-state index contributed by atoms with van der Waals surface area (Å²) >= 11 is 0. The molecule has 112 valence electrons. The Labute approximate surface area is 127 Å². The van der Waals surface area contributed by atoms with Crippen LogP contribution < -0.4 is 0 Å². The van der Waals surface area contributed by atoms with Crippen molar-refractivity contribution in [1.82, 2.24) is 0 Å². The molecular weight excluding hydrogens is 308 g/mol. The number of benzene rings is 2. The number of rotatable bonds is 4. The lowest BCUT2D eigenvalue weighted by Crippen LogP contribution is -2.06. The number of nitrogens with zero attached hydrogens (tertiary/aromatic N) is 1. The highest BCUT2D eigenvalue weighted by atomic mass is 32.2. The van der Waals surface area contributed by atoms with E-state index in [1.807, 2.05) is 0 Å². The Hall–Kier alpha value is -2.52. The standard InChI is InChI=1S/C16H11F2NO2S/c17-14-7-6-13(16(18)9-14)8-15(10-19)22(20,21)11-12-4-2-1-3-5-12/h1-9H,11H2. The van der Waals surface area contributed by atoms with Crippen molar-refractivity contribution < 1.29 is 17.2 Å². The molecule has 6 heteroatoms. The molecule has 0 atom stereocenters. The Morgan fingerprint density at radius 2 is 1.82 bits per heavy atom. The molecule has 2 aromatic carbocycles. The van der Waals surface area contributed by atoms with Crippen molar-refractivity contribution in [2.24, 2.45) is 0 Å². The van der Waals surface area contributed by atoms with Gasteiger partial charge in [-0.3, -0.25) is 0 Å². The first-order chi connectivity index (χ1) is 10.4. The molecule has 0 aromatic heterocycles. The quantitative estimate of drug-likeness (QED) is 0.811. The van der Waals surface area contributed by atoms with Gasteiger partial charge < -0.3 is 0 Å². The Morgan fingerprint density at radius 1 is 1.14 bits per heavy atom. The minimum atomic E-state index is -3.91. The molecular formula is C16H11F2NO2S. The minimum Gasteiger partial charge on any atom is -0.223 e. The van der Waals surface area contributed by atoms with Gasteiger partial charge >= 0.3 is 0 Å². The fraction of sp³-hybridized carbons (Fsp3) is 0.0625. The van der Waals surface area contributed by atoms with Gasteiger partial charge in [0, 0.05) is 11.6 Å². The second kappa shape index (κ2) is 6.50. The molecule has 0 spiro atoms. The summed E-state index contributed by atoms with van der Waals surface area (Å²) in [5.74, 6) is -2.07. The highest BCUT2D eigenvalue weighted by Crippen LogP contribution is 2.19. The molecule has 0 unspecified atom stereocenters. The van der Waals surface area contributed by atoms with Gasteiger partial charge in [0.2, 0.25) is 0 Å². The van der Waals surface area contributed by atoms with Crippen LogP contribution in [0.5, 0.6) is 0 Å². The molecule has 0 radical (unpaired) electrons. The third-order valence-electron chi connectivity index (χ3n) is 2.89. The number of nitriles is 1. The Morgan fingerprint density at radius 3 is 2.41 bits per heavy atom. The van der Waals surface area contributed by atoms with Gasteiger partial charge in [-0.25, -0.2) is 17.2 Å². The summed E-state index contributed by atoms with van der Waals surface area (Å²) in [4.78, 5) is -0.568. The molecule has 0 saturated heterocycles. The van der Waals surface area contributed by atoms with E-state index in [0.29, 0.717) is 11.6 Å². The molecule has 0 bridgehead atoms. The van der Waals surface area contributed by atoms with Crippen molar-refractivity contribution in [2.75, 3.05) is 0 Å². The van der Waals surface area contributed by atoms with Crippen LogP contribution in [0.2, 0.25) is 0 Å². The number of allylic oxidation sites excluding steroid dienone is 1. The fourth-order valence-corrected chi connectivity index (χ4v) is 3.06. The van der Waals surface area contributed by atoms with Crippen molar-refractivity contribution in [3.05, 3.63) is 76.2 Å². The average Bonchev–Trinajstić information content (AvgIpc) is 2.46. The second-order valence-corrected chi connectivity index (χ2v) is 6.49. The molecule has 3 nitrogen and oxygen atoms in total. The molecule has 22 heavy (non-hydrogen) atoms. The lowest BCUT2D eigenvalue weighted by atomic mass is 10.2. The van der Waals surface area contributed by atoms with Crippen LogP contribution in [0.1, 0.15) is 11.1 Å². The van der Waals surface area contributed by atoms with Gasteiger partial charge in [0.25, 0.3) is 0 Å². The Kier molecular flexibility index (Phi) is 4.68. The maximum Gasteiger partial charge on any atom is 0.192 e. The van der Waals surface area contributed by atoms with Crippen LogP contribution in [-0.4, -0.2) is 8.42 Å². The van der Waals surface area contributed by atoms with Crippen LogP contribution in [0, 0.1) is 23.0 Å². The normalized spacial score (nSPS) is 12.0. The van der Waals surface area contributed by atoms with Crippen LogP contribution in [0.4, 0.5) is 8.78 Å². The van der Waals surface area contributed by atoms with E-state index in [1.54, 1.807) is 36.4 Å². The maximum absolute atomic E-state index is 13.6. The second-order valence-electron chi connectivity index (χ2n) is 4.53. The first-order valence-electron chi connectivity index (χ1n) is 6.26. The van der Waals surface area contributed by atoms with E-state index in [0.717, 1.165) is 18.2 Å². The van der Waals surface area contributed by atoms with E-state index >= 15 is 0 Å². The highest BCUT2D eigenvalue weighted by Gasteiger charge is 2.19. The molecule has 0 aliphatic heterocycles. The van der Waals surface area contributed by atoms with Gasteiger partial charge in [0.15, 0.2) is 9.84 Å². The van der Waals surface area contributed by atoms with E-state index in [9.17, 15) is 17.2 Å².